The van der Waals surface area contributed by atoms with E-state index in [-0.39, 0.29) is 11.5 Å². The minimum absolute atomic E-state index is 0.0178. The van der Waals surface area contributed by atoms with E-state index in [2.05, 4.69) is 10.6 Å². The zero-order valence-electron chi connectivity index (χ0n) is 24.2. The fourth-order valence-electron chi connectivity index (χ4n) is 4.63. The van der Waals surface area contributed by atoms with E-state index in [1.807, 2.05) is 42.5 Å². The number of nitrogens with one attached hydrogen (secondary N) is 2. The Kier molecular flexibility index (Phi) is 9.27. The van der Waals surface area contributed by atoms with Gasteiger partial charge in [0.1, 0.15) is 5.70 Å². The summed E-state index contributed by atoms with van der Waals surface area (Å²) in [4.78, 5) is 39.3. The van der Waals surface area contributed by atoms with Crippen LogP contribution in [-0.4, -0.2) is 31.8 Å². The molecule has 0 saturated carbocycles. The molecule has 0 fully saturated rings. The minimum atomic E-state index is -0.543. The fourth-order valence-corrected chi connectivity index (χ4v) is 4.63. The van der Waals surface area contributed by atoms with Crippen molar-refractivity contribution in [2.24, 2.45) is 0 Å². The molecule has 44 heavy (non-hydrogen) atoms. The minimum Gasteiger partial charge on any atom is -0.493 e. The van der Waals surface area contributed by atoms with Gasteiger partial charge in [0, 0.05) is 16.8 Å². The van der Waals surface area contributed by atoms with Crippen LogP contribution in [0.4, 0.5) is 5.69 Å². The Labute approximate surface area is 255 Å². The van der Waals surface area contributed by atoms with E-state index in [1.54, 1.807) is 91.0 Å². The number of hydrogen-bond acceptors (Lipinski definition) is 5. The molecule has 0 aromatic heterocycles. The third-order valence-electron chi connectivity index (χ3n) is 6.91. The van der Waals surface area contributed by atoms with Gasteiger partial charge in [0.15, 0.2) is 17.3 Å². The van der Waals surface area contributed by atoms with Gasteiger partial charge >= 0.3 is 0 Å². The van der Waals surface area contributed by atoms with Crippen molar-refractivity contribution in [2.75, 3.05) is 19.5 Å². The number of fused-ring (bicyclic) bond motifs is 1. The number of methoxy groups -OCH3 is 2. The van der Waals surface area contributed by atoms with Crippen LogP contribution in [0.3, 0.4) is 0 Å². The first-order chi connectivity index (χ1) is 21.4. The van der Waals surface area contributed by atoms with Gasteiger partial charge in [-0.3, -0.25) is 14.4 Å². The molecule has 2 amide bonds. The summed E-state index contributed by atoms with van der Waals surface area (Å²) in [5.74, 6) is -0.138. The lowest BCUT2D eigenvalue weighted by atomic mass is 10.0. The maximum absolute atomic E-state index is 13.4. The molecule has 7 nitrogen and oxygen atoms in total. The van der Waals surface area contributed by atoms with Gasteiger partial charge in [0.2, 0.25) is 0 Å². The Bertz CT molecular complexity index is 1870. The molecule has 0 aliphatic heterocycles. The van der Waals surface area contributed by atoms with Gasteiger partial charge in [-0.1, -0.05) is 72.8 Å². The second-order valence-corrected chi connectivity index (χ2v) is 9.79. The second-order valence-electron chi connectivity index (χ2n) is 9.79. The molecule has 0 aliphatic carbocycles. The summed E-state index contributed by atoms with van der Waals surface area (Å²) in [5.41, 5.74) is 2.91. The van der Waals surface area contributed by atoms with Crippen molar-refractivity contribution in [3.63, 3.8) is 0 Å². The maximum atomic E-state index is 13.4. The van der Waals surface area contributed by atoms with Crippen LogP contribution in [0.15, 0.2) is 127 Å². The maximum Gasteiger partial charge on any atom is 0.272 e. The van der Waals surface area contributed by atoms with Crippen molar-refractivity contribution in [2.45, 2.75) is 0 Å². The molecule has 5 aromatic carbocycles. The smallest absolute Gasteiger partial charge is 0.272 e. The summed E-state index contributed by atoms with van der Waals surface area (Å²) in [6.45, 7) is 0. The lowest BCUT2D eigenvalue weighted by molar-refractivity contribution is -0.113. The van der Waals surface area contributed by atoms with E-state index in [0.29, 0.717) is 33.9 Å². The number of ether oxygens (including phenoxy) is 2. The molecular formula is C37H30N2O5. The molecule has 7 heteroatoms. The summed E-state index contributed by atoms with van der Waals surface area (Å²) in [5, 5.41) is 7.69. The molecule has 0 bridgehead atoms. The number of ketones is 1. The molecule has 5 rings (SSSR count). The van der Waals surface area contributed by atoms with Crippen molar-refractivity contribution in [3.8, 4) is 11.5 Å². The van der Waals surface area contributed by atoms with E-state index < -0.39 is 11.8 Å². The van der Waals surface area contributed by atoms with Crippen molar-refractivity contribution in [1.82, 2.24) is 5.32 Å². The molecular weight excluding hydrogens is 552 g/mol. The van der Waals surface area contributed by atoms with Gasteiger partial charge in [-0.2, -0.15) is 0 Å². The highest BCUT2D eigenvalue weighted by atomic mass is 16.5. The lowest BCUT2D eigenvalue weighted by Crippen LogP contribution is -2.30. The van der Waals surface area contributed by atoms with Crippen molar-refractivity contribution in [1.29, 1.82) is 0 Å². The third kappa shape index (κ3) is 7.09. The Morgan fingerprint density at radius 1 is 0.682 bits per heavy atom. The van der Waals surface area contributed by atoms with Crippen LogP contribution >= 0.6 is 0 Å². The van der Waals surface area contributed by atoms with Gasteiger partial charge in [-0.25, -0.2) is 0 Å². The van der Waals surface area contributed by atoms with Crippen LogP contribution in [-0.2, 0) is 4.79 Å². The molecule has 0 saturated heterocycles. The zero-order chi connectivity index (χ0) is 30.9. The SMILES string of the molecule is COc1ccc(/C=C(\NC(=O)c2ccccc2)C(=O)Nc2ccc(C(=O)/C=C/c3cccc4ccccc34)cc2)cc1OC. The van der Waals surface area contributed by atoms with E-state index >= 15 is 0 Å². The summed E-state index contributed by atoms with van der Waals surface area (Å²) in [6.07, 6.45) is 4.90. The number of amides is 2. The fraction of sp³-hybridized carbons (Fsp3) is 0.0541. The van der Waals surface area contributed by atoms with Crippen molar-refractivity contribution >= 4 is 46.2 Å². The molecule has 5 aromatic rings. The Hall–Kier alpha value is -5.95. The number of allylic oxidation sites excluding steroid dienone is 1. The highest BCUT2D eigenvalue weighted by Gasteiger charge is 2.16. The molecule has 0 spiro atoms. The quantitative estimate of drug-likeness (QED) is 0.135. The first kappa shape index (κ1) is 29.5. The lowest BCUT2D eigenvalue weighted by Gasteiger charge is -2.13. The number of anilines is 1. The van der Waals surface area contributed by atoms with E-state index in [1.165, 1.54) is 14.2 Å². The van der Waals surface area contributed by atoms with Crippen molar-refractivity contribution < 1.29 is 23.9 Å². The van der Waals surface area contributed by atoms with Crippen LogP contribution in [0, 0.1) is 0 Å². The zero-order valence-corrected chi connectivity index (χ0v) is 24.2. The van der Waals surface area contributed by atoms with Crippen LogP contribution in [0.25, 0.3) is 22.9 Å². The van der Waals surface area contributed by atoms with Gasteiger partial charge in [-0.15, -0.1) is 0 Å². The largest absolute Gasteiger partial charge is 0.493 e. The van der Waals surface area contributed by atoms with Gasteiger partial charge < -0.3 is 20.1 Å². The van der Waals surface area contributed by atoms with E-state index in [4.69, 9.17) is 9.47 Å². The van der Waals surface area contributed by atoms with E-state index in [0.717, 1.165) is 16.3 Å². The summed E-state index contributed by atoms with van der Waals surface area (Å²) in [7, 11) is 3.05. The summed E-state index contributed by atoms with van der Waals surface area (Å²) >= 11 is 0. The van der Waals surface area contributed by atoms with E-state index in [9.17, 15) is 14.4 Å². The van der Waals surface area contributed by atoms with Crippen molar-refractivity contribution in [3.05, 3.63) is 149 Å². The van der Waals surface area contributed by atoms with Gasteiger partial charge in [0.25, 0.3) is 11.8 Å². The monoisotopic (exact) mass is 582 g/mol. The molecule has 0 aliphatic rings. The first-order valence-corrected chi connectivity index (χ1v) is 13.9. The van der Waals surface area contributed by atoms with Crippen LogP contribution in [0.1, 0.15) is 31.8 Å². The number of hydrogen-bond donors (Lipinski definition) is 2. The molecule has 0 atom stereocenters. The summed E-state index contributed by atoms with van der Waals surface area (Å²) < 4.78 is 10.7. The Balaban J connectivity index is 1.34. The number of carbonyl (C=O) groups excluding carboxylic acids is 3. The third-order valence-corrected chi connectivity index (χ3v) is 6.91. The Morgan fingerprint density at radius 2 is 1.39 bits per heavy atom. The number of carbonyl (C=O) groups is 3. The predicted molar refractivity (Wildman–Crippen MR) is 174 cm³/mol. The number of rotatable bonds is 10. The normalized spacial score (nSPS) is 11.3. The average molecular weight is 583 g/mol. The van der Waals surface area contributed by atoms with Crippen LogP contribution < -0.4 is 20.1 Å². The van der Waals surface area contributed by atoms with Gasteiger partial charge in [-0.05, 0) is 82.6 Å². The highest BCUT2D eigenvalue weighted by molar-refractivity contribution is 6.11. The highest BCUT2D eigenvalue weighted by Crippen LogP contribution is 2.28. The second kappa shape index (κ2) is 13.8. The predicted octanol–water partition coefficient (Wildman–Crippen LogP) is 7.16. The standard InChI is InChI=1S/C37H30N2O5/c1-43-34-22-15-25(24-35(34)44-2)23-32(39-36(41)29-10-4-3-5-11-29)37(42)38-30-19-16-28(17-20-30)33(40)21-18-27-13-8-12-26-9-6-7-14-31(26)27/h3-24H,1-2H3,(H,38,42)(H,39,41)/b21-18+,32-23-. The van der Waals surface area contributed by atoms with Crippen LogP contribution in [0.2, 0.25) is 0 Å². The summed E-state index contributed by atoms with van der Waals surface area (Å²) in [6, 6.07) is 34.3. The Morgan fingerprint density at radius 3 is 2.14 bits per heavy atom. The first-order valence-electron chi connectivity index (χ1n) is 13.9. The van der Waals surface area contributed by atoms with Gasteiger partial charge in [0.05, 0.1) is 14.2 Å². The number of benzene rings is 5. The average Bonchev–Trinajstić information content (AvgIpc) is 3.07. The molecule has 2 N–H and O–H groups in total. The molecule has 218 valence electrons. The molecule has 0 heterocycles. The molecule has 0 unspecified atom stereocenters. The topological polar surface area (TPSA) is 93.7 Å². The van der Waals surface area contributed by atoms with Crippen LogP contribution in [0.5, 0.6) is 11.5 Å². The molecule has 0 radical (unpaired) electrons.